The van der Waals surface area contributed by atoms with Crippen LogP contribution in [-0.4, -0.2) is 47.4 Å². The maximum absolute atomic E-state index is 4.76. The summed E-state index contributed by atoms with van der Waals surface area (Å²) in [6.45, 7) is 7.31. The normalized spacial score (nSPS) is 12.6. The molecule has 0 aliphatic rings. The van der Waals surface area contributed by atoms with Crippen molar-refractivity contribution < 1.29 is 0 Å². The summed E-state index contributed by atoms with van der Waals surface area (Å²) < 4.78 is 1.98. The van der Waals surface area contributed by atoms with Crippen molar-refractivity contribution in [1.82, 2.24) is 25.4 Å². The van der Waals surface area contributed by atoms with Crippen LogP contribution in [0.5, 0.6) is 0 Å². The molecule has 2 N–H and O–H groups in total. The van der Waals surface area contributed by atoms with Gasteiger partial charge in [-0.2, -0.15) is 0 Å². The summed E-state index contributed by atoms with van der Waals surface area (Å²) in [6.07, 6.45) is 1.01. The predicted molar refractivity (Wildman–Crippen MR) is 130 cm³/mol. The number of nitrogens with one attached hydrogen (secondary N) is 2. The van der Waals surface area contributed by atoms with Gasteiger partial charge in [-0.1, -0.05) is 31.2 Å². The third-order valence-electron chi connectivity index (χ3n) is 5.33. The molecule has 0 radical (unpaired) electrons. The van der Waals surface area contributed by atoms with Gasteiger partial charge in [-0.05, 0) is 36.9 Å². The van der Waals surface area contributed by atoms with Crippen LogP contribution in [-0.2, 0) is 13.6 Å². The van der Waals surface area contributed by atoms with Crippen LogP contribution in [0.15, 0.2) is 52.8 Å². The lowest BCUT2D eigenvalue weighted by molar-refractivity contribution is 0.684. The summed E-state index contributed by atoms with van der Waals surface area (Å²) in [6, 6.07) is 14.7. The highest BCUT2D eigenvalue weighted by Gasteiger charge is 2.09. The second-order valence-corrected chi connectivity index (χ2v) is 8.70. The summed E-state index contributed by atoms with van der Waals surface area (Å²) in [7, 11) is 4.10. The van der Waals surface area contributed by atoms with Gasteiger partial charge in [-0.3, -0.25) is 0 Å². The smallest absolute Gasteiger partial charge is 0.191 e. The summed E-state index contributed by atoms with van der Waals surface area (Å²) in [4.78, 5) is 8.40. The number of guanidine groups is 1. The van der Waals surface area contributed by atoms with Gasteiger partial charge in [0.2, 0.25) is 0 Å². The standard InChI is InChI=1S/C23H33N7S/c1-18(21-12-8-15-31-21)16-25-23(26-17-22-28-27-19(2)30(22)4)24-13-9-14-29(3)20-10-6-5-7-11-20/h5-8,10-12,15,18H,9,13-14,16-17H2,1-4H3,(H2,24,25,26). The molecule has 1 aromatic carbocycles. The molecule has 31 heavy (non-hydrogen) atoms. The van der Waals surface area contributed by atoms with E-state index in [0.717, 1.165) is 43.7 Å². The number of para-hydroxylation sites is 1. The Hall–Kier alpha value is -2.87. The van der Waals surface area contributed by atoms with E-state index >= 15 is 0 Å². The number of nitrogens with zero attached hydrogens (tertiary/aromatic N) is 5. The van der Waals surface area contributed by atoms with Crippen LogP contribution < -0.4 is 15.5 Å². The average molecular weight is 440 g/mol. The number of rotatable bonds is 10. The van der Waals surface area contributed by atoms with Crippen LogP contribution in [0.1, 0.15) is 35.8 Å². The molecule has 2 aromatic heterocycles. The maximum atomic E-state index is 4.76. The Balaban J connectivity index is 1.54. The van der Waals surface area contributed by atoms with E-state index in [9.17, 15) is 0 Å². The summed E-state index contributed by atoms with van der Waals surface area (Å²) in [5.41, 5.74) is 1.23. The fraction of sp³-hybridized carbons (Fsp3) is 0.435. The van der Waals surface area contributed by atoms with Crippen LogP contribution in [0.2, 0.25) is 0 Å². The van der Waals surface area contributed by atoms with Gasteiger partial charge in [0.05, 0.1) is 0 Å². The molecule has 0 aliphatic heterocycles. The fourth-order valence-corrected chi connectivity index (χ4v) is 3.96. The molecule has 0 aliphatic carbocycles. The van der Waals surface area contributed by atoms with E-state index in [0.29, 0.717) is 12.5 Å². The van der Waals surface area contributed by atoms with Crippen molar-refractivity contribution in [3.05, 3.63) is 64.4 Å². The van der Waals surface area contributed by atoms with Crippen LogP contribution in [0.3, 0.4) is 0 Å². The first-order valence-corrected chi connectivity index (χ1v) is 11.6. The van der Waals surface area contributed by atoms with Crippen LogP contribution in [0.4, 0.5) is 5.69 Å². The monoisotopic (exact) mass is 439 g/mol. The van der Waals surface area contributed by atoms with Gasteiger partial charge >= 0.3 is 0 Å². The molecule has 3 rings (SSSR count). The fourth-order valence-electron chi connectivity index (χ4n) is 3.17. The molecular weight excluding hydrogens is 406 g/mol. The summed E-state index contributed by atoms with van der Waals surface area (Å²) in [5, 5.41) is 17.5. The Morgan fingerprint density at radius 2 is 1.97 bits per heavy atom. The Bertz CT molecular complexity index is 934. The maximum Gasteiger partial charge on any atom is 0.191 e. The van der Waals surface area contributed by atoms with Gasteiger partial charge in [0, 0.05) is 50.2 Å². The van der Waals surface area contributed by atoms with Crippen molar-refractivity contribution in [1.29, 1.82) is 0 Å². The van der Waals surface area contributed by atoms with Crippen LogP contribution in [0.25, 0.3) is 0 Å². The SMILES string of the molecule is Cc1nnc(CN=C(NCCCN(C)c2ccccc2)NCC(C)c2cccs2)n1C. The molecule has 0 fully saturated rings. The molecule has 0 amide bonds. The van der Waals surface area contributed by atoms with Crippen molar-refractivity contribution in [2.45, 2.75) is 32.7 Å². The number of hydrogen-bond acceptors (Lipinski definition) is 5. The van der Waals surface area contributed by atoms with E-state index in [1.54, 1.807) is 11.3 Å². The number of thiophene rings is 1. The van der Waals surface area contributed by atoms with Gasteiger partial charge in [-0.25, -0.2) is 4.99 Å². The number of hydrogen-bond donors (Lipinski definition) is 2. The van der Waals surface area contributed by atoms with Crippen molar-refractivity contribution in [2.75, 3.05) is 31.6 Å². The number of anilines is 1. The first kappa shape index (κ1) is 22.8. The lowest BCUT2D eigenvalue weighted by Gasteiger charge is -2.20. The van der Waals surface area contributed by atoms with Gasteiger partial charge in [0.25, 0.3) is 0 Å². The van der Waals surface area contributed by atoms with E-state index in [1.807, 2.05) is 24.6 Å². The number of benzene rings is 1. The van der Waals surface area contributed by atoms with Crippen LogP contribution in [0, 0.1) is 6.92 Å². The second kappa shape index (κ2) is 11.5. The van der Waals surface area contributed by atoms with Gasteiger partial charge in [0.1, 0.15) is 12.4 Å². The Kier molecular flexibility index (Phi) is 8.46. The minimum atomic E-state index is 0.424. The van der Waals surface area contributed by atoms with Crippen LogP contribution >= 0.6 is 11.3 Å². The molecule has 0 saturated heterocycles. The zero-order chi connectivity index (χ0) is 22.1. The zero-order valence-electron chi connectivity index (χ0n) is 18.9. The van der Waals surface area contributed by atoms with E-state index in [4.69, 9.17) is 4.99 Å². The summed E-state index contributed by atoms with van der Waals surface area (Å²) in [5.74, 6) is 2.98. The first-order chi connectivity index (χ1) is 15.0. The summed E-state index contributed by atoms with van der Waals surface area (Å²) >= 11 is 1.79. The van der Waals surface area contributed by atoms with Crippen molar-refractivity contribution in [2.24, 2.45) is 12.0 Å². The minimum Gasteiger partial charge on any atom is -0.375 e. The Morgan fingerprint density at radius 1 is 1.16 bits per heavy atom. The van der Waals surface area contributed by atoms with Crippen molar-refractivity contribution in [3.63, 3.8) is 0 Å². The average Bonchev–Trinajstić information content (AvgIpc) is 3.44. The van der Waals surface area contributed by atoms with E-state index in [2.05, 4.69) is 81.5 Å². The predicted octanol–water partition coefficient (Wildman–Crippen LogP) is 3.55. The quantitative estimate of drug-likeness (QED) is 0.287. The van der Waals surface area contributed by atoms with Gasteiger partial charge < -0.3 is 20.1 Å². The number of aliphatic imine (C=N–C) groups is 1. The number of aryl methyl sites for hydroxylation is 1. The Labute approximate surface area is 189 Å². The molecule has 1 atom stereocenters. The largest absolute Gasteiger partial charge is 0.375 e. The van der Waals surface area contributed by atoms with Gasteiger partial charge in [0.15, 0.2) is 11.8 Å². The highest BCUT2D eigenvalue weighted by Crippen LogP contribution is 2.19. The molecule has 0 bridgehead atoms. The minimum absolute atomic E-state index is 0.424. The van der Waals surface area contributed by atoms with E-state index in [-0.39, 0.29) is 0 Å². The van der Waals surface area contributed by atoms with E-state index < -0.39 is 0 Å². The molecule has 2 heterocycles. The first-order valence-electron chi connectivity index (χ1n) is 10.7. The third kappa shape index (κ3) is 6.82. The number of aromatic nitrogens is 3. The van der Waals surface area contributed by atoms with Crippen molar-refractivity contribution in [3.8, 4) is 0 Å². The molecule has 0 spiro atoms. The third-order valence-corrected chi connectivity index (χ3v) is 6.43. The van der Waals surface area contributed by atoms with E-state index in [1.165, 1.54) is 10.6 Å². The molecule has 166 valence electrons. The molecule has 8 heteroatoms. The molecule has 7 nitrogen and oxygen atoms in total. The molecule has 3 aromatic rings. The highest BCUT2D eigenvalue weighted by atomic mass is 32.1. The van der Waals surface area contributed by atoms with Crippen molar-refractivity contribution >= 4 is 23.0 Å². The lowest BCUT2D eigenvalue weighted by Crippen LogP contribution is -2.40. The molecule has 1 unspecified atom stereocenters. The zero-order valence-corrected chi connectivity index (χ0v) is 19.7. The second-order valence-electron chi connectivity index (χ2n) is 7.72. The lowest BCUT2D eigenvalue weighted by atomic mass is 10.1. The highest BCUT2D eigenvalue weighted by molar-refractivity contribution is 7.10. The topological polar surface area (TPSA) is 70.4 Å². The molecule has 0 saturated carbocycles. The van der Waals surface area contributed by atoms with Gasteiger partial charge in [-0.15, -0.1) is 21.5 Å². The Morgan fingerprint density at radius 3 is 2.65 bits per heavy atom. The molecular formula is C23H33N7S.